The third kappa shape index (κ3) is 2.64. The molecule has 0 saturated heterocycles. The maximum Gasteiger partial charge on any atom is 0.237 e. The van der Waals surface area contributed by atoms with Gasteiger partial charge in [0.1, 0.15) is 0 Å². The Balaban J connectivity index is 1.72. The van der Waals surface area contributed by atoms with Crippen LogP contribution in [0.1, 0.15) is 11.5 Å². The van der Waals surface area contributed by atoms with E-state index in [0.717, 1.165) is 11.1 Å². The Bertz CT molecular complexity index is 722. The van der Waals surface area contributed by atoms with Gasteiger partial charge in [0.05, 0.1) is 5.75 Å². The molecule has 0 aliphatic heterocycles. The maximum absolute atomic E-state index is 5.45. The number of aromatic amines is 1. The first-order valence-electron chi connectivity index (χ1n) is 5.91. The van der Waals surface area contributed by atoms with Crippen LogP contribution in [0.5, 0.6) is 0 Å². The molecule has 102 valence electrons. The van der Waals surface area contributed by atoms with Gasteiger partial charge in [-0.05, 0) is 12.5 Å². The van der Waals surface area contributed by atoms with Crippen molar-refractivity contribution in [1.29, 1.82) is 0 Å². The van der Waals surface area contributed by atoms with Crippen LogP contribution in [-0.2, 0) is 5.75 Å². The minimum atomic E-state index is 0.290. The number of nitrogens with one attached hydrogen (secondary N) is 1. The van der Waals surface area contributed by atoms with Gasteiger partial charge in [-0.1, -0.05) is 41.2 Å². The topological polar surface area (TPSA) is 107 Å². The fourth-order valence-corrected chi connectivity index (χ4v) is 2.34. The normalized spacial score (nSPS) is 10.8. The Morgan fingerprint density at radius 3 is 2.90 bits per heavy atom. The predicted octanol–water partition coefficient (Wildman–Crippen LogP) is 2.04. The fraction of sp³-hybridized carbons (Fsp3) is 0.167. The summed E-state index contributed by atoms with van der Waals surface area (Å²) in [6.45, 7) is 2.01. The molecule has 0 radical (unpaired) electrons. The van der Waals surface area contributed by atoms with Crippen molar-refractivity contribution in [3.8, 4) is 11.4 Å². The molecule has 0 amide bonds. The minimum Gasteiger partial charge on any atom is -0.368 e. The van der Waals surface area contributed by atoms with Gasteiger partial charge in [-0.15, -0.1) is 5.10 Å². The molecular formula is C12H12N6OS. The highest BCUT2D eigenvalue weighted by molar-refractivity contribution is 7.98. The van der Waals surface area contributed by atoms with Crippen molar-refractivity contribution in [2.45, 2.75) is 17.8 Å². The number of nitrogens with two attached hydrogens (primary N) is 1. The molecule has 2 aromatic heterocycles. The zero-order valence-electron chi connectivity index (χ0n) is 10.7. The van der Waals surface area contributed by atoms with Crippen molar-refractivity contribution < 1.29 is 4.52 Å². The summed E-state index contributed by atoms with van der Waals surface area (Å²) in [5, 5.41) is 11.0. The lowest BCUT2D eigenvalue weighted by molar-refractivity contribution is 0.391. The summed E-state index contributed by atoms with van der Waals surface area (Å²) in [6.07, 6.45) is 0. The minimum absolute atomic E-state index is 0.290. The van der Waals surface area contributed by atoms with Gasteiger partial charge in [0.2, 0.25) is 22.8 Å². The van der Waals surface area contributed by atoms with Gasteiger partial charge in [0.25, 0.3) is 0 Å². The molecule has 0 spiro atoms. The second kappa shape index (κ2) is 5.33. The Labute approximate surface area is 119 Å². The molecule has 20 heavy (non-hydrogen) atoms. The second-order valence-corrected chi connectivity index (χ2v) is 5.06. The SMILES string of the molecule is Cc1ccccc1-c1noc(CSc2n[nH]c(N)n2)n1. The van der Waals surface area contributed by atoms with E-state index in [9.17, 15) is 0 Å². The van der Waals surface area contributed by atoms with Crippen LogP contribution in [0.15, 0.2) is 33.9 Å². The van der Waals surface area contributed by atoms with Crippen LogP contribution in [-0.4, -0.2) is 25.3 Å². The van der Waals surface area contributed by atoms with Crippen molar-refractivity contribution in [3.63, 3.8) is 0 Å². The molecule has 0 unspecified atom stereocenters. The average molecular weight is 288 g/mol. The Morgan fingerprint density at radius 1 is 1.30 bits per heavy atom. The summed E-state index contributed by atoms with van der Waals surface area (Å²) in [7, 11) is 0. The number of anilines is 1. The first kappa shape index (κ1) is 12.7. The van der Waals surface area contributed by atoms with E-state index in [1.165, 1.54) is 11.8 Å². The molecule has 8 heteroatoms. The molecule has 3 N–H and O–H groups in total. The number of thioether (sulfide) groups is 1. The zero-order chi connectivity index (χ0) is 13.9. The monoisotopic (exact) mass is 288 g/mol. The van der Waals surface area contributed by atoms with E-state index in [1.807, 2.05) is 31.2 Å². The van der Waals surface area contributed by atoms with Gasteiger partial charge in [-0.3, -0.25) is 0 Å². The number of benzene rings is 1. The first-order chi connectivity index (χ1) is 9.72. The quantitative estimate of drug-likeness (QED) is 0.707. The molecule has 7 nitrogen and oxygen atoms in total. The van der Waals surface area contributed by atoms with Crippen LogP contribution in [0.2, 0.25) is 0 Å². The largest absolute Gasteiger partial charge is 0.368 e. The number of aromatic nitrogens is 5. The molecule has 0 bridgehead atoms. The van der Waals surface area contributed by atoms with Gasteiger partial charge in [-0.2, -0.15) is 9.97 Å². The summed E-state index contributed by atoms with van der Waals surface area (Å²) < 4.78 is 5.22. The average Bonchev–Trinajstić information content (AvgIpc) is 3.06. The predicted molar refractivity (Wildman–Crippen MR) is 74.8 cm³/mol. The van der Waals surface area contributed by atoms with E-state index in [4.69, 9.17) is 10.3 Å². The van der Waals surface area contributed by atoms with E-state index in [-0.39, 0.29) is 0 Å². The fourth-order valence-electron chi connectivity index (χ4n) is 1.70. The lowest BCUT2D eigenvalue weighted by Crippen LogP contribution is -1.86. The highest BCUT2D eigenvalue weighted by Crippen LogP contribution is 2.23. The first-order valence-corrected chi connectivity index (χ1v) is 6.90. The lowest BCUT2D eigenvalue weighted by Gasteiger charge is -1.97. The van der Waals surface area contributed by atoms with Crippen LogP contribution in [0, 0.1) is 6.92 Å². The van der Waals surface area contributed by atoms with Crippen LogP contribution in [0.4, 0.5) is 5.95 Å². The molecule has 0 atom stereocenters. The summed E-state index contributed by atoms with van der Waals surface area (Å²) in [5.41, 5.74) is 7.52. The number of hydrogen-bond acceptors (Lipinski definition) is 7. The molecule has 3 aromatic rings. The summed E-state index contributed by atoms with van der Waals surface area (Å²) in [5.74, 6) is 1.90. The van der Waals surface area contributed by atoms with Gasteiger partial charge >= 0.3 is 0 Å². The molecule has 0 aliphatic rings. The number of nitrogens with zero attached hydrogens (tertiary/aromatic N) is 4. The van der Waals surface area contributed by atoms with Crippen molar-refractivity contribution in [3.05, 3.63) is 35.7 Å². The molecule has 0 saturated carbocycles. The Kier molecular flexibility index (Phi) is 3.38. The molecule has 2 heterocycles. The van der Waals surface area contributed by atoms with Gasteiger partial charge in [-0.25, -0.2) is 5.10 Å². The van der Waals surface area contributed by atoms with Crippen LogP contribution in [0.25, 0.3) is 11.4 Å². The molecule has 1 aromatic carbocycles. The van der Waals surface area contributed by atoms with Gasteiger partial charge in [0.15, 0.2) is 0 Å². The standard InChI is InChI=1S/C12H12N6OS/c1-7-4-2-3-5-8(7)10-14-9(19-18-10)6-20-12-15-11(13)16-17-12/h2-5H,6H2,1H3,(H3,13,15,16,17). The van der Waals surface area contributed by atoms with E-state index in [1.54, 1.807) is 0 Å². The molecular weight excluding hydrogens is 276 g/mol. The van der Waals surface area contributed by atoms with E-state index >= 15 is 0 Å². The van der Waals surface area contributed by atoms with Crippen molar-refractivity contribution in [1.82, 2.24) is 25.3 Å². The van der Waals surface area contributed by atoms with Gasteiger partial charge in [0, 0.05) is 5.56 Å². The van der Waals surface area contributed by atoms with Crippen LogP contribution >= 0.6 is 11.8 Å². The molecule has 0 fully saturated rings. The zero-order valence-corrected chi connectivity index (χ0v) is 11.5. The Hall–Kier alpha value is -2.35. The molecule has 0 aliphatic carbocycles. The van der Waals surface area contributed by atoms with E-state index in [0.29, 0.717) is 28.6 Å². The van der Waals surface area contributed by atoms with Crippen molar-refractivity contribution >= 4 is 17.7 Å². The highest BCUT2D eigenvalue weighted by atomic mass is 32.2. The molecule has 3 rings (SSSR count). The lowest BCUT2D eigenvalue weighted by atomic mass is 10.1. The number of aryl methyl sites for hydroxylation is 1. The van der Waals surface area contributed by atoms with Crippen molar-refractivity contribution in [2.24, 2.45) is 0 Å². The van der Waals surface area contributed by atoms with Crippen molar-refractivity contribution in [2.75, 3.05) is 5.73 Å². The highest BCUT2D eigenvalue weighted by Gasteiger charge is 2.11. The summed E-state index contributed by atoms with van der Waals surface area (Å²) in [4.78, 5) is 8.36. The van der Waals surface area contributed by atoms with Gasteiger partial charge < -0.3 is 10.3 Å². The third-order valence-electron chi connectivity index (χ3n) is 2.66. The second-order valence-electron chi connectivity index (χ2n) is 4.12. The number of hydrogen-bond donors (Lipinski definition) is 2. The summed E-state index contributed by atoms with van der Waals surface area (Å²) >= 11 is 1.38. The summed E-state index contributed by atoms with van der Waals surface area (Å²) in [6, 6.07) is 7.90. The van der Waals surface area contributed by atoms with Crippen LogP contribution < -0.4 is 5.73 Å². The third-order valence-corrected chi connectivity index (χ3v) is 3.49. The smallest absolute Gasteiger partial charge is 0.237 e. The number of rotatable bonds is 4. The maximum atomic E-state index is 5.45. The van der Waals surface area contributed by atoms with E-state index < -0.39 is 0 Å². The van der Waals surface area contributed by atoms with Crippen LogP contribution in [0.3, 0.4) is 0 Å². The number of H-pyrrole nitrogens is 1. The number of nitrogen functional groups attached to an aromatic ring is 1. The Morgan fingerprint density at radius 2 is 2.15 bits per heavy atom. The van der Waals surface area contributed by atoms with E-state index in [2.05, 4.69) is 25.3 Å².